The molecule has 0 fully saturated rings. The average Bonchev–Trinajstić information content (AvgIpc) is 2.29. The van der Waals surface area contributed by atoms with Gasteiger partial charge in [-0.3, -0.25) is 0 Å². The zero-order chi connectivity index (χ0) is 11.4. The van der Waals surface area contributed by atoms with E-state index in [0.717, 1.165) is 0 Å². The van der Waals surface area contributed by atoms with E-state index in [0.29, 0.717) is 0 Å². The number of hydrogen-bond acceptors (Lipinski definition) is 0. The van der Waals surface area contributed by atoms with Crippen molar-refractivity contribution in [3.8, 4) is 0 Å². The van der Waals surface area contributed by atoms with Crippen molar-refractivity contribution in [2.75, 3.05) is 0 Å². The van der Waals surface area contributed by atoms with Crippen LogP contribution in [0.15, 0.2) is 48.5 Å². The van der Waals surface area contributed by atoms with Crippen molar-refractivity contribution in [1.29, 1.82) is 0 Å². The van der Waals surface area contributed by atoms with Gasteiger partial charge in [0.15, 0.2) is 0 Å². The normalized spacial score (nSPS) is 10.9. The first-order valence-electron chi connectivity index (χ1n) is 5.56. The minimum Gasteiger partial charge on any atom is -0.0622 e. The molecule has 2 rings (SSSR count). The zero-order valence-corrected chi connectivity index (χ0v) is 9.77. The molecule has 0 radical (unpaired) electrons. The minimum atomic E-state index is 1.24. The Labute approximate surface area is 97.3 Å². The van der Waals surface area contributed by atoms with Crippen molar-refractivity contribution in [2.24, 2.45) is 0 Å². The van der Waals surface area contributed by atoms with Crippen LogP contribution in [-0.4, -0.2) is 0 Å². The van der Waals surface area contributed by atoms with Crippen LogP contribution in [0.25, 0.3) is 12.2 Å². The molecule has 0 aromatic heterocycles. The molecule has 0 bridgehead atoms. The van der Waals surface area contributed by atoms with Gasteiger partial charge in [-0.2, -0.15) is 0 Å². The third kappa shape index (κ3) is 2.60. The highest BCUT2D eigenvalue weighted by molar-refractivity contribution is 5.71. The molecular weight excluding hydrogens is 192 g/mol. The molecule has 0 amide bonds. The first-order chi connectivity index (χ1) is 7.75. The number of aryl methyl sites for hydroxylation is 2. The standard InChI is InChI=1S/C16H16/c1-13-8-10-16(14(2)12-13)11-9-15-6-4-3-5-7-15/h3-12H,1-2H3/b11-9+. The molecule has 0 saturated carbocycles. The molecule has 0 spiro atoms. The van der Waals surface area contributed by atoms with Gasteiger partial charge in [0.2, 0.25) is 0 Å². The Morgan fingerprint density at radius 1 is 0.812 bits per heavy atom. The topological polar surface area (TPSA) is 0 Å². The van der Waals surface area contributed by atoms with Crippen molar-refractivity contribution in [3.63, 3.8) is 0 Å². The van der Waals surface area contributed by atoms with E-state index < -0.39 is 0 Å². The lowest BCUT2D eigenvalue weighted by Crippen LogP contribution is -1.81. The molecule has 0 heterocycles. The predicted molar refractivity (Wildman–Crippen MR) is 71.3 cm³/mol. The van der Waals surface area contributed by atoms with Crippen molar-refractivity contribution >= 4 is 12.2 Å². The Bertz CT molecular complexity index is 493. The Morgan fingerprint density at radius 3 is 2.25 bits per heavy atom. The van der Waals surface area contributed by atoms with Crippen LogP contribution < -0.4 is 0 Å². The number of benzene rings is 2. The maximum absolute atomic E-state index is 2.21. The smallest absolute Gasteiger partial charge is 0.0227 e. The van der Waals surface area contributed by atoms with Crippen molar-refractivity contribution in [1.82, 2.24) is 0 Å². The fourth-order valence-corrected chi connectivity index (χ4v) is 1.76. The van der Waals surface area contributed by atoms with Crippen LogP contribution in [0.1, 0.15) is 22.3 Å². The summed E-state index contributed by atoms with van der Waals surface area (Å²) in [5, 5.41) is 0. The van der Waals surface area contributed by atoms with Gasteiger partial charge in [-0.15, -0.1) is 0 Å². The summed E-state index contributed by atoms with van der Waals surface area (Å²) in [6.45, 7) is 4.27. The first kappa shape index (κ1) is 10.7. The number of rotatable bonds is 2. The van der Waals surface area contributed by atoms with E-state index in [2.05, 4.69) is 68.5 Å². The molecule has 0 atom stereocenters. The Morgan fingerprint density at radius 2 is 1.56 bits per heavy atom. The molecule has 0 aliphatic carbocycles. The molecule has 0 unspecified atom stereocenters. The van der Waals surface area contributed by atoms with Crippen molar-refractivity contribution in [3.05, 3.63) is 70.8 Å². The monoisotopic (exact) mass is 208 g/mol. The van der Waals surface area contributed by atoms with E-state index in [1.807, 2.05) is 6.07 Å². The van der Waals surface area contributed by atoms with Crippen molar-refractivity contribution < 1.29 is 0 Å². The summed E-state index contributed by atoms with van der Waals surface area (Å²) >= 11 is 0. The molecule has 0 saturated heterocycles. The third-order valence-electron chi connectivity index (χ3n) is 2.68. The third-order valence-corrected chi connectivity index (χ3v) is 2.68. The molecule has 0 aliphatic rings. The van der Waals surface area contributed by atoms with Crippen LogP contribution in [0.2, 0.25) is 0 Å². The predicted octanol–water partition coefficient (Wildman–Crippen LogP) is 4.47. The van der Waals surface area contributed by atoms with Crippen LogP contribution in [0.5, 0.6) is 0 Å². The van der Waals surface area contributed by atoms with Gasteiger partial charge in [-0.1, -0.05) is 66.2 Å². The molecule has 16 heavy (non-hydrogen) atoms. The first-order valence-corrected chi connectivity index (χ1v) is 5.56. The summed E-state index contributed by atoms with van der Waals surface area (Å²) < 4.78 is 0. The van der Waals surface area contributed by atoms with Gasteiger partial charge >= 0.3 is 0 Å². The average molecular weight is 208 g/mol. The highest BCUT2D eigenvalue weighted by atomic mass is 14.0. The van der Waals surface area contributed by atoms with Gasteiger partial charge in [0.25, 0.3) is 0 Å². The lowest BCUT2D eigenvalue weighted by atomic mass is 10.0. The lowest BCUT2D eigenvalue weighted by Gasteiger charge is -2.01. The Balaban J connectivity index is 2.24. The Hall–Kier alpha value is -1.82. The van der Waals surface area contributed by atoms with Crippen LogP contribution in [0.3, 0.4) is 0 Å². The van der Waals surface area contributed by atoms with Gasteiger partial charge in [0, 0.05) is 0 Å². The van der Waals surface area contributed by atoms with Crippen LogP contribution in [0.4, 0.5) is 0 Å². The molecule has 0 heteroatoms. The maximum Gasteiger partial charge on any atom is -0.0227 e. The van der Waals surface area contributed by atoms with Gasteiger partial charge in [0.05, 0.1) is 0 Å². The second-order valence-electron chi connectivity index (χ2n) is 4.10. The van der Waals surface area contributed by atoms with Crippen LogP contribution in [-0.2, 0) is 0 Å². The van der Waals surface area contributed by atoms with Gasteiger partial charge in [-0.25, -0.2) is 0 Å². The van der Waals surface area contributed by atoms with E-state index in [9.17, 15) is 0 Å². The second kappa shape index (κ2) is 4.80. The molecule has 0 nitrogen and oxygen atoms in total. The zero-order valence-electron chi connectivity index (χ0n) is 9.77. The highest BCUT2D eigenvalue weighted by Crippen LogP contribution is 2.14. The summed E-state index contributed by atoms with van der Waals surface area (Å²) in [7, 11) is 0. The van der Waals surface area contributed by atoms with Crippen LogP contribution in [0, 0.1) is 13.8 Å². The fourth-order valence-electron chi connectivity index (χ4n) is 1.76. The van der Waals surface area contributed by atoms with Gasteiger partial charge in [0.1, 0.15) is 0 Å². The Kier molecular flexibility index (Phi) is 3.21. The van der Waals surface area contributed by atoms with E-state index in [1.54, 1.807) is 0 Å². The quantitative estimate of drug-likeness (QED) is 0.638. The van der Waals surface area contributed by atoms with Crippen LogP contribution >= 0.6 is 0 Å². The van der Waals surface area contributed by atoms with E-state index in [-0.39, 0.29) is 0 Å². The van der Waals surface area contributed by atoms with E-state index in [1.165, 1.54) is 22.3 Å². The van der Waals surface area contributed by atoms with E-state index >= 15 is 0 Å². The van der Waals surface area contributed by atoms with Gasteiger partial charge < -0.3 is 0 Å². The SMILES string of the molecule is Cc1ccc(/C=C/c2ccccc2)c(C)c1. The molecule has 0 N–H and O–H groups in total. The molecule has 2 aromatic carbocycles. The summed E-state index contributed by atoms with van der Waals surface area (Å²) in [6, 6.07) is 16.9. The highest BCUT2D eigenvalue weighted by Gasteiger charge is 1.93. The molecule has 2 aromatic rings. The summed E-state index contributed by atoms with van der Waals surface area (Å²) in [5.41, 5.74) is 5.17. The molecule has 0 aliphatic heterocycles. The maximum atomic E-state index is 2.21. The molecular formula is C16H16. The van der Waals surface area contributed by atoms with Gasteiger partial charge in [-0.05, 0) is 30.5 Å². The number of hydrogen-bond donors (Lipinski definition) is 0. The van der Waals surface area contributed by atoms with E-state index in [4.69, 9.17) is 0 Å². The minimum absolute atomic E-state index is 1.24. The fraction of sp³-hybridized carbons (Fsp3) is 0.125. The lowest BCUT2D eigenvalue weighted by molar-refractivity contribution is 1.37. The molecule has 80 valence electrons. The van der Waals surface area contributed by atoms with Crippen molar-refractivity contribution in [2.45, 2.75) is 13.8 Å². The summed E-state index contributed by atoms with van der Waals surface area (Å²) in [5.74, 6) is 0. The summed E-state index contributed by atoms with van der Waals surface area (Å²) in [4.78, 5) is 0. The largest absolute Gasteiger partial charge is 0.0622 e. The summed E-state index contributed by atoms with van der Waals surface area (Å²) in [6.07, 6.45) is 4.32. The second-order valence-corrected chi connectivity index (χ2v) is 4.10.